The maximum absolute atomic E-state index is 6.05. The van der Waals surface area contributed by atoms with E-state index in [0.717, 1.165) is 17.9 Å². The first kappa shape index (κ1) is 10.8. The standard InChI is InChI=1S/C15H19NO/c1-11(2)15(8-5-9-16-15)14-10-12-6-3-4-7-13(12)17-14/h3-4,6-7,10-11,16H,5,8-9H2,1-2H3. The van der Waals surface area contributed by atoms with Crippen LogP contribution in [0.2, 0.25) is 0 Å². The molecule has 2 heterocycles. The summed E-state index contributed by atoms with van der Waals surface area (Å²) in [4.78, 5) is 0. The Kier molecular flexibility index (Phi) is 2.48. The molecule has 1 atom stereocenters. The zero-order valence-corrected chi connectivity index (χ0v) is 10.5. The number of fused-ring (bicyclic) bond motifs is 1. The molecule has 3 rings (SSSR count). The summed E-state index contributed by atoms with van der Waals surface area (Å²) in [5.74, 6) is 1.65. The summed E-state index contributed by atoms with van der Waals surface area (Å²) in [6.07, 6.45) is 2.40. The molecule has 1 aromatic carbocycles. The lowest BCUT2D eigenvalue weighted by atomic mass is 9.82. The van der Waals surface area contributed by atoms with E-state index in [1.807, 2.05) is 12.1 Å². The second-order valence-electron chi connectivity index (χ2n) is 5.30. The molecule has 17 heavy (non-hydrogen) atoms. The average molecular weight is 229 g/mol. The quantitative estimate of drug-likeness (QED) is 0.850. The van der Waals surface area contributed by atoms with Crippen LogP contribution in [0.15, 0.2) is 34.7 Å². The zero-order chi connectivity index (χ0) is 11.9. The van der Waals surface area contributed by atoms with Crippen molar-refractivity contribution in [1.29, 1.82) is 0 Å². The maximum Gasteiger partial charge on any atom is 0.134 e. The molecule has 0 bridgehead atoms. The lowest BCUT2D eigenvalue weighted by molar-refractivity contribution is 0.231. The summed E-state index contributed by atoms with van der Waals surface area (Å²) in [5, 5.41) is 4.86. The van der Waals surface area contributed by atoms with E-state index in [4.69, 9.17) is 4.42 Å². The van der Waals surface area contributed by atoms with Crippen molar-refractivity contribution in [1.82, 2.24) is 5.32 Å². The molecule has 1 aliphatic rings. The van der Waals surface area contributed by atoms with Gasteiger partial charge in [-0.05, 0) is 37.4 Å². The summed E-state index contributed by atoms with van der Waals surface area (Å²) >= 11 is 0. The molecule has 90 valence electrons. The van der Waals surface area contributed by atoms with E-state index in [-0.39, 0.29) is 5.54 Å². The molecule has 0 spiro atoms. The topological polar surface area (TPSA) is 25.2 Å². The van der Waals surface area contributed by atoms with Crippen molar-refractivity contribution in [3.63, 3.8) is 0 Å². The Balaban J connectivity index is 2.12. The second kappa shape index (κ2) is 3.88. The van der Waals surface area contributed by atoms with Crippen molar-refractivity contribution in [2.75, 3.05) is 6.54 Å². The summed E-state index contributed by atoms with van der Waals surface area (Å²) in [6, 6.07) is 10.5. The summed E-state index contributed by atoms with van der Waals surface area (Å²) < 4.78 is 6.05. The number of hydrogen-bond acceptors (Lipinski definition) is 2. The Morgan fingerprint density at radius 2 is 2.12 bits per heavy atom. The van der Waals surface area contributed by atoms with Gasteiger partial charge in [0, 0.05) is 5.39 Å². The minimum absolute atomic E-state index is 0.0407. The maximum atomic E-state index is 6.05. The summed E-state index contributed by atoms with van der Waals surface area (Å²) in [5.41, 5.74) is 1.04. The Hall–Kier alpha value is -1.28. The van der Waals surface area contributed by atoms with Crippen molar-refractivity contribution < 1.29 is 4.42 Å². The first-order chi connectivity index (χ1) is 8.22. The van der Waals surface area contributed by atoms with Crippen molar-refractivity contribution in [2.45, 2.75) is 32.2 Å². The predicted molar refractivity (Wildman–Crippen MR) is 70.0 cm³/mol. The molecular formula is C15H19NO. The van der Waals surface area contributed by atoms with E-state index < -0.39 is 0 Å². The molecule has 0 aliphatic carbocycles. The van der Waals surface area contributed by atoms with Crippen LogP contribution < -0.4 is 5.32 Å². The first-order valence-corrected chi connectivity index (χ1v) is 6.46. The highest BCUT2D eigenvalue weighted by atomic mass is 16.3. The largest absolute Gasteiger partial charge is 0.459 e. The lowest BCUT2D eigenvalue weighted by Crippen LogP contribution is -2.41. The predicted octanol–water partition coefficient (Wildman–Crippen LogP) is 3.67. The molecule has 1 fully saturated rings. The van der Waals surface area contributed by atoms with Gasteiger partial charge in [0.2, 0.25) is 0 Å². The van der Waals surface area contributed by atoms with Crippen LogP contribution in [-0.4, -0.2) is 6.54 Å². The highest BCUT2D eigenvalue weighted by Gasteiger charge is 2.41. The van der Waals surface area contributed by atoms with Crippen molar-refractivity contribution in [3.05, 3.63) is 36.1 Å². The molecular weight excluding hydrogens is 210 g/mol. The Bertz CT molecular complexity index is 487. The van der Waals surface area contributed by atoms with Gasteiger partial charge in [0.1, 0.15) is 11.3 Å². The van der Waals surface area contributed by atoms with E-state index in [1.54, 1.807) is 0 Å². The van der Waals surface area contributed by atoms with Gasteiger partial charge in [0.25, 0.3) is 0 Å². The molecule has 0 amide bonds. The molecule has 1 N–H and O–H groups in total. The molecule has 2 aromatic rings. The molecule has 1 aliphatic heterocycles. The van der Waals surface area contributed by atoms with E-state index in [9.17, 15) is 0 Å². The second-order valence-corrected chi connectivity index (χ2v) is 5.30. The third-order valence-corrected chi connectivity index (χ3v) is 4.04. The molecule has 1 unspecified atom stereocenters. The smallest absolute Gasteiger partial charge is 0.134 e. The Morgan fingerprint density at radius 1 is 1.29 bits per heavy atom. The molecule has 1 saturated heterocycles. The Morgan fingerprint density at radius 3 is 2.76 bits per heavy atom. The van der Waals surface area contributed by atoms with E-state index in [1.165, 1.54) is 18.2 Å². The van der Waals surface area contributed by atoms with Gasteiger partial charge in [-0.2, -0.15) is 0 Å². The number of para-hydroxylation sites is 1. The number of furan rings is 1. The van der Waals surface area contributed by atoms with Gasteiger partial charge >= 0.3 is 0 Å². The van der Waals surface area contributed by atoms with Crippen molar-refractivity contribution in [2.24, 2.45) is 5.92 Å². The van der Waals surface area contributed by atoms with Gasteiger partial charge < -0.3 is 9.73 Å². The minimum atomic E-state index is 0.0407. The monoisotopic (exact) mass is 229 g/mol. The summed E-state index contributed by atoms with van der Waals surface area (Å²) in [7, 11) is 0. The fourth-order valence-corrected chi connectivity index (χ4v) is 2.96. The Labute approximate surface area is 102 Å². The van der Waals surface area contributed by atoms with Gasteiger partial charge in [-0.15, -0.1) is 0 Å². The van der Waals surface area contributed by atoms with E-state index in [2.05, 4.69) is 37.4 Å². The van der Waals surface area contributed by atoms with Gasteiger partial charge in [-0.1, -0.05) is 32.0 Å². The van der Waals surface area contributed by atoms with E-state index in [0.29, 0.717) is 5.92 Å². The molecule has 0 saturated carbocycles. The normalized spacial score (nSPS) is 24.9. The van der Waals surface area contributed by atoms with Gasteiger partial charge in [0.05, 0.1) is 5.54 Å². The molecule has 2 heteroatoms. The highest BCUT2D eigenvalue weighted by molar-refractivity contribution is 5.78. The number of hydrogen-bond donors (Lipinski definition) is 1. The lowest BCUT2D eigenvalue weighted by Gasteiger charge is -2.31. The fourth-order valence-electron chi connectivity index (χ4n) is 2.96. The van der Waals surface area contributed by atoms with Crippen LogP contribution in [0.4, 0.5) is 0 Å². The third-order valence-electron chi connectivity index (χ3n) is 4.04. The SMILES string of the molecule is CC(C)C1(c2cc3ccccc3o2)CCCN1. The highest BCUT2D eigenvalue weighted by Crippen LogP contribution is 2.39. The molecule has 2 nitrogen and oxygen atoms in total. The van der Waals surface area contributed by atoms with E-state index >= 15 is 0 Å². The zero-order valence-electron chi connectivity index (χ0n) is 10.5. The van der Waals surface area contributed by atoms with Crippen LogP contribution in [0, 0.1) is 5.92 Å². The number of benzene rings is 1. The van der Waals surface area contributed by atoms with Crippen LogP contribution in [0.5, 0.6) is 0 Å². The molecule has 0 radical (unpaired) electrons. The van der Waals surface area contributed by atoms with Crippen molar-refractivity contribution >= 4 is 11.0 Å². The minimum Gasteiger partial charge on any atom is -0.459 e. The third kappa shape index (κ3) is 1.59. The average Bonchev–Trinajstić information content (AvgIpc) is 2.96. The number of rotatable bonds is 2. The van der Waals surface area contributed by atoms with Crippen LogP contribution in [0.25, 0.3) is 11.0 Å². The van der Waals surface area contributed by atoms with Crippen LogP contribution in [0.1, 0.15) is 32.4 Å². The van der Waals surface area contributed by atoms with Gasteiger partial charge in [-0.25, -0.2) is 0 Å². The first-order valence-electron chi connectivity index (χ1n) is 6.46. The van der Waals surface area contributed by atoms with Gasteiger partial charge in [-0.3, -0.25) is 0 Å². The number of nitrogens with one attached hydrogen (secondary N) is 1. The van der Waals surface area contributed by atoms with Crippen LogP contribution >= 0.6 is 0 Å². The fraction of sp³-hybridized carbons (Fsp3) is 0.467. The summed E-state index contributed by atoms with van der Waals surface area (Å²) in [6.45, 7) is 5.63. The van der Waals surface area contributed by atoms with Crippen molar-refractivity contribution in [3.8, 4) is 0 Å². The van der Waals surface area contributed by atoms with Crippen LogP contribution in [-0.2, 0) is 5.54 Å². The van der Waals surface area contributed by atoms with Gasteiger partial charge in [0.15, 0.2) is 0 Å². The van der Waals surface area contributed by atoms with Crippen LogP contribution in [0.3, 0.4) is 0 Å². The molecule has 1 aromatic heterocycles.